The molecule has 2 amide bonds. The van der Waals surface area contributed by atoms with E-state index in [2.05, 4.69) is 15.5 Å². The number of benzene rings is 3. The monoisotopic (exact) mass is 486 g/mol. The maximum Gasteiger partial charge on any atom is 0.326 e. The minimum Gasteiger partial charge on any atom is -0.493 e. The molecule has 0 aliphatic carbocycles. The average Bonchev–Trinajstić information content (AvgIpc) is 3.38. The van der Waals surface area contributed by atoms with E-state index in [9.17, 15) is 9.18 Å². The van der Waals surface area contributed by atoms with E-state index >= 15 is 0 Å². The Labute approximate surface area is 207 Å². The van der Waals surface area contributed by atoms with E-state index in [1.54, 1.807) is 43.4 Å². The predicted octanol–water partition coefficient (Wildman–Crippen LogP) is 5.60. The molecule has 182 valence electrons. The van der Waals surface area contributed by atoms with E-state index in [0.717, 1.165) is 5.56 Å². The van der Waals surface area contributed by atoms with Crippen LogP contribution in [0, 0.1) is 5.82 Å². The number of hydrogen-bond donors (Lipinski definition) is 1. The van der Waals surface area contributed by atoms with Crippen LogP contribution < -0.4 is 19.7 Å². The van der Waals surface area contributed by atoms with Gasteiger partial charge in [-0.2, -0.15) is 4.98 Å². The summed E-state index contributed by atoms with van der Waals surface area (Å²) < 4.78 is 30.3. The number of nitrogens with one attached hydrogen (secondary N) is 1. The lowest BCUT2D eigenvalue weighted by Crippen LogP contribution is -2.46. The van der Waals surface area contributed by atoms with Crippen LogP contribution in [0.4, 0.5) is 14.9 Å². The van der Waals surface area contributed by atoms with E-state index in [-0.39, 0.29) is 17.7 Å². The fourth-order valence-electron chi connectivity index (χ4n) is 4.27. The Balaban J connectivity index is 1.66. The number of methoxy groups -OCH3 is 2. The van der Waals surface area contributed by atoms with Gasteiger partial charge in [-0.15, -0.1) is 0 Å². The van der Waals surface area contributed by atoms with Gasteiger partial charge in [0, 0.05) is 11.3 Å². The summed E-state index contributed by atoms with van der Waals surface area (Å²) in [6.45, 7) is 1.82. The Morgan fingerprint density at radius 3 is 2.47 bits per heavy atom. The molecule has 1 unspecified atom stereocenters. The third kappa shape index (κ3) is 4.15. The number of anilines is 1. The second kappa shape index (κ2) is 9.53. The summed E-state index contributed by atoms with van der Waals surface area (Å²) in [4.78, 5) is 19.4. The number of amides is 2. The van der Waals surface area contributed by atoms with Crippen molar-refractivity contribution in [1.29, 1.82) is 0 Å². The van der Waals surface area contributed by atoms with Crippen LogP contribution in [-0.2, 0) is 0 Å². The smallest absolute Gasteiger partial charge is 0.326 e. The number of allylic oxidation sites excluding steroid dienone is 1. The van der Waals surface area contributed by atoms with Gasteiger partial charge < -0.3 is 19.3 Å². The summed E-state index contributed by atoms with van der Waals surface area (Å²) in [5.41, 5.74) is 3.10. The topological polar surface area (TPSA) is 89.7 Å². The van der Waals surface area contributed by atoms with Gasteiger partial charge in [-0.3, -0.25) is 4.90 Å². The minimum atomic E-state index is -0.627. The summed E-state index contributed by atoms with van der Waals surface area (Å²) >= 11 is 0. The van der Waals surface area contributed by atoms with Crippen LogP contribution in [0.5, 0.6) is 11.5 Å². The number of halogens is 1. The zero-order valence-electron chi connectivity index (χ0n) is 19.9. The number of rotatable bonds is 6. The van der Waals surface area contributed by atoms with Gasteiger partial charge in [0.15, 0.2) is 11.5 Å². The van der Waals surface area contributed by atoms with E-state index in [0.29, 0.717) is 34.0 Å². The highest BCUT2D eigenvalue weighted by molar-refractivity contribution is 6.01. The molecule has 0 saturated carbocycles. The molecule has 1 N–H and O–H groups in total. The van der Waals surface area contributed by atoms with Gasteiger partial charge in [0.2, 0.25) is 5.82 Å². The number of urea groups is 1. The highest BCUT2D eigenvalue weighted by atomic mass is 19.1. The Kier molecular flexibility index (Phi) is 6.12. The fourth-order valence-corrected chi connectivity index (χ4v) is 4.27. The van der Waals surface area contributed by atoms with Crippen LogP contribution in [0.3, 0.4) is 0 Å². The number of aromatic nitrogens is 2. The van der Waals surface area contributed by atoms with E-state index in [1.807, 2.05) is 43.3 Å². The molecule has 0 saturated heterocycles. The molecule has 3 aromatic carbocycles. The lowest BCUT2D eigenvalue weighted by atomic mass is 9.94. The van der Waals surface area contributed by atoms with Crippen molar-refractivity contribution < 1.29 is 23.2 Å². The van der Waals surface area contributed by atoms with Crippen molar-refractivity contribution in [3.63, 3.8) is 0 Å². The standard InChI is InChI=1S/C27H23FN4O4/c1-16-23(26-30-25(31-36-26)18-8-7-9-19(28)14-18)24(17-12-13-21(34-2)22(15-17)35-3)29-27(33)32(16)20-10-5-4-6-11-20/h4-15,24H,1-3H3,(H,29,33). The fraction of sp³-hybridized carbons (Fsp3) is 0.148. The first-order valence-corrected chi connectivity index (χ1v) is 11.2. The minimum absolute atomic E-state index is 0.201. The molecule has 0 bridgehead atoms. The van der Waals surface area contributed by atoms with Crippen LogP contribution in [0.25, 0.3) is 17.0 Å². The second-order valence-corrected chi connectivity index (χ2v) is 8.10. The molecule has 1 aliphatic rings. The van der Waals surface area contributed by atoms with Gasteiger partial charge in [0.05, 0.1) is 31.5 Å². The van der Waals surface area contributed by atoms with Gasteiger partial charge in [-0.1, -0.05) is 41.6 Å². The maximum atomic E-state index is 13.8. The van der Waals surface area contributed by atoms with Crippen molar-refractivity contribution in [3.8, 4) is 22.9 Å². The summed E-state index contributed by atoms with van der Waals surface area (Å²) in [5.74, 6) is 1.10. The van der Waals surface area contributed by atoms with Crippen LogP contribution in [-0.4, -0.2) is 30.4 Å². The van der Waals surface area contributed by atoms with Crippen molar-refractivity contribution in [1.82, 2.24) is 15.5 Å². The predicted molar refractivity (Wildman–Crippen MR) is 132 cm³/mol. The number of para-hydroxylation sites is 1. The summed E-state index contributed by atoms with van der Waals surface area (Å²) in [6, 6.07) is 19.7. The largest absolute Gasteiger partial charge is 0.493 e. The second-order valence-electron chi connectivity index (χ2n) is 8.10. The molecule has 9 heteroatoms. The zero-order valence-corrected chi connectivity index (χ0v) is 19.9. The lowest BCUT2D eigenvalue weighted by molar-refractivity contribution is 0.244. The Hall–Kier alpha value is -4.66. The van der Waals surface area contributed by atoms with E-state index in [1.165, 1.54) is 12.1 Å². The molecule has 1 aliphatic heterocycles. The Bertz CT molecular complexity index is 1450. The van der Waals surface area contributed by atoms with Crippen molar-refractivity contribution in [2.75, 3.05) is 19.1 Å². The van der Waals surface area contributed by atoms with Gasteiger partial charge in [-0.25, -0.2) is 9.18 Å². The third-order valence-corrected chi connectivity index (χ3v) is 5.98. The normalized spacial score (nSPS) is 15.6. The quantitative estimate of drug-likeness (QED) is 0.382. The first-order valence-electron chi connectivity index (χ1n) is 11.2. The maximum absolute atomic E-state index is 13.8. The van der Waals surface area contributed by atoms with Crippen molar-refractivity contribution in [3.05, 3.63) is 95.8 Å². The molecule has 36 heavy (non-hydrogen) atoms. The van der Waals surface area contributed by atoms with Gasteiger partial charge in [0.1, 0.15) is 5.82 Å². The Morgan fingerprint density at radius 2 is 1.75 bits per heavy atom. The number of hydrogen-bond acceptors (Lipinski definition) is 6. The first-order chi connectivity index (χ1) is 17.5. The van der Waals surface area contributed by atoms with Crippen molar-refractivity contribution >= 4 is 17.3 Å². The lowest BCUT2D eigenvalue weighted by Gasteiger charge is -2.35. The molecular formula is C27H23FN4O4. The molecule has 1 atom stereocenters. The van der Waals surface area contributed by atoms with E-state index in [4.69, 9.17) is 14.0 Å². The van der Waals surface area contributed by atoms with Crippen LogP contribution in [0.2, 0.25) is 0 Å². The van der Waals surface area contributed by atoms with Gasteiger partial charge in [-0.05, 0) is 48.9 Å². The summed E-state index contributed by atoms with van der Waals surface area (Å²) in [5, 5.41) is 7.13. The molecule has 1 aromatic heterocycles. The van der Waals surface area contributed by atoms with Crippen LogP contribution >= 0.6 is 0 Å². The summed E-state index contributed by atoms with van der Waals surface area (Å²) in [7, 11) is 3.10. The van der Waals surface area contributed by atoms with Gasteiger partial charge in [0.25, 0.3) is 5.89 Å². The molecule has 0 radical (unpaired) electrons. The summed E-state index contributed by atoms with van der Waals surface area (Å²) in [6.07, 6.45) is 0. The van der Waals surface area contributed by atoms with Crippen LogP contribution in [0.1, 0.15) is 24.4 Å². The third-order valence-electron chi connectivity index (χ3n) is 5.98. The van der Waals surface area contributed by atoms with Gasteiger partial charge >= 0.3 is 6.03 Å². The average molecular weight is 487 g/mol. The highest BCUT2D eigenvalue weighted by Crippen LogP contribution is 2.41. The molecule has 0 spiro atoms. The van der Waals surface area contributed by atoms with E-state index < -0.39 is 11.9 Å². The van der Waals surface area contributed by atoms with Crippen molar-refractivity contribution in [2.24, 2.45) is 0 Å². The Morgan fingerprint density at radius 1 is 0.972 bits per heavy atom. The number of nitrogens with zero attached hydrogens (tertiary/aromatic N) is 3. The molecule has 5 rings (SSSR count). The highest BCUT2D eigenvalue weighted by Gasteiger charge is 2.37. The van der Waals surface area contributed by atoms with Crippen LogP contribution in [0.15, 0.2) is 83.0 Å². The SMILES string of the molecule is COc1ccc(C2NC(=O)N(c3ccccc3)C(C)=C2c2nc(-c3cccc(F)c3)no2)cc1OC. The number of carbonyl (C=O) groups excluding carboxylic acids is 1. The zero-order chi connectivity index (χ0) is 25.2. The number of ether oxygens (including phenoxy) is 2. The molecule has 0 fully saturated rings. The number of carbonyl (C=O) groups is 1. The first kappa shape index (κ1) is 23.1. The molecule has 8 nitrogen and oxygen atoms in total. The molecule has 4 aromatic rings. The molecule has 2 heterocycles. The van der Waals surface area contributed by atoms with Crippen molar-refractivity contribution in [2.45, 2.75) is 13.0 Å². The molecular weight excluding hydrogens is 463 g/mol.